The summed E-state index contributed by atoms with van der Waals surface area (Å²) in [6.45, 7) is 11.4. The lowest BCUT2D eigenvalue weighted by Gasteiger charge is -2.24. The average molecular weight is 883 g/mol. The molecule has 2 heteroatoms. The van der Waals surface area contributed by atoms with Crippen molar-refractivity contribution < 1.29 is 0 Å². The van der Waals surface area contributed by atoms with Crippen LogP contribution in [-0.2, 0) is 0 Å². The van der Waals surface area contributed by atoms with Crippen molar-refractivity contribution in [1.82, 2.24) is 0 Å². The van der Waals surface area contributed by atoms with Gasteiger partial charge in [-0.15, -0.1) is 0 Å². The predicted octanol–water partition coefficient (Wildman–Crippen LogP) is 20.0. The minimum absolute atomic E-state index is 0.397. The second-order valence-corrected chi connectivity index (χ2v) is 20.4. The van der Waals surface area contributed by atoms with Gasteiger partial charge in [-0.3, -0.25) is 0 Å². The molecule has 360 valence electrons. The second kappa shape index (κ2) is 33.0. The first kappa shape index (κ1) is 54.1. The normalized spacial score (nSPS) is 13.0. The van der Waals surface area contributed by atoms with Gasteiger partial charge in [0.15, 0.2) is 0 Å². The Kier molecular flexibility index (Phi) is 27.5. The van der Waals surface area contributed by atoms with Gasteiger partial charge in [0, 0.05) is 29.1 Å². The number of rotatable bonds is 37. The van der Waals surface area contributed by atoms with Gasteiger partial charge in [0.25, 0.3) is 0 Å². The van der Waals surface area contributed by atoms with Crippen LogP contribution >= 0.6 is 0 Å². The number of aryl methyl sites for hydroxylation is 2. The number of benzene rings is 4. The van der Waals surface area contributed by atoms with E-state index in [2.05, 4.69) is 120 Å². The maximum atomic E-state index is 6.29. The van der Waals surface area contributed by atoms with Crippen LogP contribution in [0.15, 0.2) is 84.9 Å². The summed E-state index contributed by atoms with van der Waals surface area (Å²) < 4.78 is 0. The molecule has 0 aliphatic heterocycles. The molecule has 0 aliphatic rings. The number of anilines is 2. The summed E-state index contributed by atoms with van der Waals surface area (Å²) in [5.41, 5.74) is 25.7. The zero-order chi connectivity index (χ0) is 46.3. The van der Waals surface area contributed by atoms with E-state index in [9.17, 15) is 0 Å². The van der Waals surface area contributed by atoms with Gasteiger partial charge in [0.05, 0.1) is 0 Å². The Hall–Kier alpha value is -3.52. The molecular formula is C63H98N2. The van der Waals surface area contributed by atoms with E-state index in [-0.39, 0.29) is 0 Å². The molecule has 2 atom stereocenters. The summed E-state index contributed by atoms with van der Waals surface area (Å²) in [6, 6.07) is 33.1. The molecule has 0 aliphatic carbocycles. The minimum atomic E-state index is 0.397. The molecule has 4 N–H and O–H groups in total. The van der Waals surface area contributed by atoms with E-state index in [1.54, 1.807) is 0 Å². The standard InChI is InChI=1S/C63H98N2/c1-6-9-12-15-18-21-23-26-29-32-35-62(59-47-45-57(64)49-51(59)4)55-41-37-53(38-42-55)61(34-31-28-25-20-17-14-11-8-3)54-39-43-56(44-40-54)63(60-48-46-58(65)50-52(60)5)36-33-30-27-24-22-19-16-13-10-7-2/h37-50,61-63H,6-36,64-65H2,1-5H3. The van der Waals surface area contributed by atoms with E-state index in [0.29, 0.717) is 17.8 Å². The number of nitrogen functional groups attached to an aromatic ring is 2. The van der Waals surface area contributed by atoms with Gasteiger partial charge >= 0.3 is 0 Å². The highest BCUT2D eigenvalue weighted by molar-refractivity contribution is 5.50. The molecule has 0 saturated heterocycles. The van der Waals surface area contributed by atoms with Crippen LogP contribution in [0.4, 0.5) is 11.4 Å². The van der Waals surface area contributed by atoms with Gasteiger partial charge in [0.2, 0.25) is 0 Å². The summed E-state index contributed by atoms with van der Waals surface area (Å²) >= 11 is 0. The SMILES string of the molecule is CCCCCCCCCCCCC(c1ccc(C(CCCCCCCCCC)c2ccc(C(CCCCCCCCCCCC)c3ccc(N)cc3C)cc2)cc1)c1ccc(N)cc1C. The molecule has 2 nitrogen and oxygen atoms in total. The molecular weight excluding hydrogens is 785 g/mol. The van der Waals surface area contributed by atoms with Crippen molar-refractivity contribution >= 4 is 11.4 Å². The second-order valence-electron chi connectivity index (χ2n) is 20.4. The predicted molar refractivity (Wildman–Crippen MR) is 290 cm³/mol. The summed E-state index contributed by atoms with van der Waals surface area (Å²) in [7, 11) is 0. The number of hydrogen-bond donors (Lipinski definition) is 2. The molecule has 0 radical (unpaired) electrons. The van der Waals surface area contributed by atoms with Crippen molar-refractivity contribution in [2.24, 2.45) is 0 Å². The Labute approximate surface area is 402 Å². The highest BCUT2D eigenvalue weighted by atomic mass is 14.5. The van der Waals surface area contributed by atoms with Crippen molar-refractivity contribution in [3.63, 3.8) is 0 Å². The Balaban J connectivity index is 1.50. The van der Waals surface area contributed by atoms with Crippen molar-refractivity contribution in [1.29, 1.82) is 0 Å². The van der Waals surface area contributed by atoms with E-state index < -0.39 is 0 Å². The van der Waals surface area contributed by atoms with E-state index in [1.165, 1.54) is 244 Å². The molecule has 0 spiro atoms. The fourth-order valence-electron chi connectivity index (χ4n) is 10.8. The Morgan fingerprint density at radius 3 is 0.785 bits per heavy atom. The first-order chi connectivity index (χ1) is 31.9. The van der Waals surface area contributed by atoms with Gasteiger partial charge in [0.1, 0.15) is 0 Å². The van der Waals surface area contributed by atoms with Crippen LogP contribution in [-0.4, -0.2) is 0 Å². The summed E-state index contributed by atoms with van der Waals surface area (Å²) in [5.74, 6) is 1.19. The molecule has 0 fully saturated rings. The monoisotopic (exact) mass is 883 g/mol. The minimum Gasteiger partial charge on any atom is -0.399 e. The fourth-order valence-corrected chi connectivity index (χ4v) is 10.8. The molecule has 65 heavy (non-hydrogen) atoms. The van der Waals surface area contributed by atoms with Crippen LogP contribution in [0.2, 0.25) is 0 Å². The van der Waals surface area contributed by atoms with Gasteiger partial charge < -0.3 is 11.5 Å². The molecule has 0 amide bonds. The largest absolute Gasteiger partial charge is 0.399 e. The van der Waals surface area contributed by atoms with Crippen LogP contribution in [0.3, 0.4) is 0 Å². The molecule has 4 aromatic rings. The van der Waals surface area contributed by atoms with Crippen LogP contribution < -0.4 is 11.5 Å². The van der Waals surface area contributed by atoms with Crippen molar-refractivity contribution in [3.8, 4) is 0 Å². The maximum Gasteiger partial charge on any atom is 0.0316 e. The van der Waals surface area contributed by atoms with Crippen molar-refractivity contribution in [3.05, 3.63) is 129 Å². The van der Waals surface area contributed by atoms with Crippen molar-refractivity contribution in [2.45, 2.75) is 251 Å². The summed E-state index contributed by atoms with van der Waals surface area (Å²) in [4.78, 5) is 0. The third-order valence-corrected chi connectivity index (χ3v) is 14.9. The third kappa shape index (κ3) is 20.5. The zero-order valence-corrected chi connectivity index (χ0v) is 42.9. The Bertz CT molecular complexity index is 1660. The third-order valence-electron chi connectivity index (χ3n) is 14.9. The number of nitrogens with two attached hydrogens (primary N) is 2. The molecule has 0 aromatic heterocycles. The molecule has 0 bridgehead atoms. The lowest BCUT2D eigenvalue weighted by molar-refractivity contribution is 0.539. The summed E-state index contributed by atoms with van der Waals surface area (Å²) in [5, 5.41) is 0. The van der Waals surface area contributed by atoms with Gasteiger partial charge in [-0.25, -0.2) is 0 Å². The Morgan fingerprint density at radius 1 is 0.292 bits per heavy atom. The maximum absolute atomic E-state index is 6.29. The van der Waals surface area contributed by atoms with Gasteiger partial charge in [-0.1, -0.05) is 261 Å². The Morgan fingerprint density at radius 2 is 0.523 bits per heavy atom. The van der Waals surface area contributed by atoms with Gasteiger partial charge in [-0.2, -0.15) is 0 Å². The molecule has 0 heterocycles. The lowest BCUT2D eigenvalue weighted by atomic mass is 9.80. The van der Waals surface area contributed by atoms with E-state index in [4.69, 9.17) is 11.5 Å². The van der Waals surface area contributed by atoms with Crippen LogP contribution in [0, 0.1) is 13.8 Å². The lowest BCUT2D eigenvalue weighted by Crippen LogP contribution is -2.07. The molecule has 4 aromatic carbocycles. The number of hydrogen-bond acceptors (Lipinski definition) is 2. The smallest absolute Gasteiger partial charge is 0.0316 e. The number of unbranched alkanes of at least 4 members (excludes halogenated alkanes) is 25. The molecule has 2 unspecified atom stereocenters. The van der Waals surface area contributed by atoms with Crippen LogP contribution in [0.5, 0.6) is 0 Å². The van der Waals surface area contributed by atoms with Crippen LogP contribution in [0.1, 0.15) is 282 Å². The average Bonchev–Trinajstić information content (AvgIpc) is 3.31. The zero-order valence-electron chi connectivity index (χ0n) is 42.9. The fraction of sp³-hybridized carbons (Fsp3) is 0.619. The molecule has 0 saturated carbocycles. The first-order valence-electron chi connectivity index (χ1n) is 27.8. The highest BCUT2D eigenvalue weighted by Gasteiger charge is 2.21. The van der Waals surface area contributed by atoms with E-state index in [1.807, 2.05) is 0 Å². The first-order valence-corrected chi connectivity index (χ1v) is 27.8. The van der Waals surface area contributed by atoms with E-state index in [0.717, 1.165) is 11.4 Å². The highest BCUT2D eigenvalue weighted by Crippen LogP contribution is 2.38. The summed E-state index contributed by atoms with van der Waals surface area (Å²) in [6.07, 6.45) is 41.8. The van der Waals surface area contributed by atoms with Gasteiger partial charge in [-0.05, 0) is 102 Å². The van der Waals surface area contributed by atoms with Crippen LogP contribution in [0.25, 0.3) is 0 Å². The quantitative estimate of drug-likeness (QED) is 0.0350. The molecule has 4 rings (SSSR count). The van der Waals surface area contributed by atoms with Crippen molar-refractivity contribution in [2.75, 3.05) is 11.5 Å². The van der Waals surface area contributed by atoms with E-state index >= 15 is 0 Å². The topological polar surface area (TPSA) is 52.0 Å².